The van der Waals surface area contributed by atoms with Crippen LogP contribution in [0.1, 0.15) is 48.9 Å². The maximum Gasteiger partial charge on any atom is 0.490 e. The highest BCUT2D eigenvalue weighted by Crippen LogP contribution is 2.40. The molecule has 0 bridgehead atoms. The van der Waals surface area contributed by atoms with Crippen LogP contribution >= 0.6 is 0 Å². The van der Waals surface area contributed by atoms with Crippen molar-refractivity contribution in [2.24, 2.45) is 0 Å². The van der Waals surface area contributed by atoms with Crippen LogP contribution in [0.4, 0.5) is 18.9 Å². The number of hydrogen-bond donors (Lipinski definition) is 1. The molecule has 1 aliphatic rings. The van der Waals surface area contributed by atoms with E-state index in [2.05, 4.69) is 4.98 Å². The van der Waals surface area contributed by atoms with Crippen molar-refractivity contribution < 1.29 is 58.2 Å². The maximum atomic E-state index is 14.5. The number of alkyl halides is 3. The summed E-state index contributed by atoms with van der Waals surface area (Å²) in [7, 11) is -8.64. The van der Waals surface area contributed by atoms with Crippen LogP contribution in [-0.4, -0.2) is 81.1 Å². The Morgan fingerprint density at radius 2 is 1.67 bits per heavy atom. The van der Waals surface area contributed by atoms with E-state index in [1.54, 1.807) is 31.2 Å². The van der Waals surface area contributed by atoms with Gasteiger partial charge in [-0.05, 0) is 56.0 Å². The highest BCUT2D eigenvalue weighted by atomic mass is 32.2. The van der Waals surface area contributed by atoms with E-state index in [1.807, 2.05) is 0 Å². The molecule has 19 heteroatoms. The number of nitro groups is 1. The average Bonchev–Trinajstić information content (AvgIpc) is 3.48. The van der Waals surface area contributed by atoms with Crippen LogP contribution in [0.2, 0.25) is 0 Å². The number of nitrogens with one attached hydrogen (secondary N) is 1. The van der Waals surface area contributed by atoms with Crippen LogP contribution < -0.4 is 0 Å². The zero-order chi connectivity index (χ0) is 39.6. The molecule has 2 heterocycles. The molecule has 5 rings (SSSR count). The standard InChI is InChI=1S/C35H36F3N3O11S2/c1-4-34(51-33(43)35(36,37)38)20-23(52-54(48,49)24-15-13-22(2)14-16-24)19-27(32(42)50-3)31-26(25-9-5-6-10-28(25)39-31)17-18-40(21-34)53(46,47)30-12-8-7-11-29(30)41(44)45/h5-16,23,27,39H,4,17-21H2,1-3H3. The van der Waals surface area contributed by atoms with Crippen molar-refractivity contribution in [1.29, 1.82) is 0 Å². The molecule has 0 spiro atoms. The van der Waals surface area contributed by atoms with Crippen LogP contribution in [0.25, 0.3) is 10.9 Å². The van der Waals surface area contributed by atoms with Crippen molar-refractivity contribution in [3.8, 4) is 0 Å². The quantitative estimate of drug-likeness (QED) is 0.0947. The fourth-order valence-electron chi connectivity index (χ4n) is 6.56. The van der Waals surface area contributed by atoms with E-state index in [-0.39, 0.29) is 17.0 Å². The summed E-state index contributed by atoms with van der Waals surface area (Å²) in [5.41, 5.74) is -1.54. The summed E-state index contributed by atoms with van der Waals surface area (Å²) < 4.78 is 115. The molecule has 1 aromatic heterocycles. The summed E-state index contributed by atoms with van der Waals surface area (Å²) in [5.74, 6) is -4.95. The van der Waals surface area contributed by atoms with Gasteiger partial charge in [0.15, 0.2) is 4.90 Å². The molecular formula is C35H36F3N3O11S2. The van der Waals surface area contributed by atoms with Crippen molar-refractivity contribution in [3.63, 3.8) is 0 Å². The summed E-state index contributed by atoms with van der Waals surface area (Å²) in [5, 5.41) is 12.5. The number of carbonyl (C=O) groups is 2. The lowest BCUT2D eigenvalue weighted by Crippen LogP contribution is -2.52. The fourth-order valence-corrected chi connectivity index (χ4v) is 9.32. The van der Waals surface area contributed by atoms with E-state index in [1.165, 1.54) is 43.3 Å². The molecule has 290 valence electrons. The molecule has 3 unspecified atom stereocenters. The van der Waals surface area contributed by atoms with Gasteiger partial charge in [-0.25, -0.2) is 13.2 Å². The Bertz CT molecular complexity index is 2280. The van der Waals surface area contributed by atoms with Crippen LogP contribution in [0.15, 0.2) is 82.6 Å². The van der Waals surface area contributed by atoms with E-state index < -0.39 is 104 Å². The maximum absolute atomic E-state index is 14.5. The summed E-state index contributed by atoms with van der Waals surface area (Å²) >= 11 is 0. The summed E-state index contributed by atoms with van der Waals surface area (Å²) in [4.78, 5) is 39.2. The van der Waals surface area contributed by atoms with E-state index in [0.29, 0.717) is 26.3 Å². The highest BCUT2D eigenvalue weighted by Gasteiger charge is 2.50. The summed E-state index contributed by atoms with van der Waals surface area (Å²) in [6, 6.07) is 16.5. The van der Waals surface area contributed by atoms with Gasteiger partial charge in [-0.2, -0.15) is 25.9 Å². The van der Waals surface area contributed by atoms with E-state index >= 15 is 0 Å². The molecule has 54 heavy (non-hydrogen) atoms. The third kappa shape index (κ3) is 8.43. The largest absolute Gasteiger partial charge is 0.490 e. The Labute approximate surface area is 308 Å². The molecule has 14 nitrogen and oxygen atoms in total. The van der Waals surface area contributed by atoms with Crippen molar-refractivity contribution >= 4 is 48.7 Å². The number of aryl methyl sites for hydroxylation is 1. The smallest absolute Gasteiger partial charge is 0.469 e. The predicted molar refractivity (Wildman–Crippen MR) is 186 cm³/mol. The monoisotopic (exact) mass is 795 g/mol. The molecule has 1 N–H and O–H groups in total. The number of rotatable bonds is 9. The van der Waals surface area contributed by atoms with Crippen molar-refractivity contribution in [1.82, 2.24) is 9.29 Å². The van der Waals surface area contributed by atoms with Gasteiger partial charge in [0, 0.05) is 35.6 Å². The lowest BCUT2D eigenvalue weighted by Gasteiger charge is -2.39. The number of halogens is 3. The number of H-pyrrole nitrogens is 1. The average molecular weight is 796 g/mol. The van der Waals surface area contributed by atoms with Gasteiger partial charge in [0.05, 0.1) is 35.5 Å². The number of para-hydroxylation sites is 2. The minimum atomic E-state index is -5.58. The van der Waals surface area contributed by atoms with Crippen LogP contribution in [0, 0.1) is 17.0 Å². The van der Waals surface area contributed by atoms with Gasteiger partial charge in [0.1, 0.15) is 5.60 Å². The lowest BCUT2D eigenvalue weighted by molar-refractivity contribution is -0.387. The highest BCUT2D eigenvalue weighted by molar-refractivity contribution is 7.89. The molecule has 0 saturated heterocycles. The van der Waals surface area contributed by atoms with Crippen LogP contribution in [0.3, 0.4) is 0 Å². The summed E-state index contributed by atoms with van der Waals surface area (Å²) in [6.45, 7) is 1.42. The molecular weight excluding hydrogens is 760 g/mol. The molecule has 0 fully saturated rings. The topological polar surface area (TPSA) is 192 Å². The van der Waals surface area contributed by atoms with E-state index in [0.717, 1.165) is 19.2 Å². The first-order valence-electron chi connectivity index (χ1n) is 16.5. The Hall–Kier alpha value is -4.85. The number of sulfonamides is 1. The first-order chi connectivity index (χ1) is 25.3. The molecule has 0 saturated carbocycles. The predicted octanol–water partition coefficient (Wildman–Crippen LogP) is 5.70. The van der Waals surface area contributed by atoms with Gasteiger partial charge in [-0.15, -0.1) is 0 Å². The molecule has 0 aliphatic carbocycles. The van der Waals surface area contributed by atoms with Crippen molar-refractivity contribution in [3.05, 3.63) is 99.7 Å². The number of aromatic nitrogens is 1. The van der Waals surface area contributed by atoms with Gasteiger partial charge in [0.2, 0.25) is 10.0 Å². The Kier molecular flexibility index (Phi) is 11.6. The molecule has 0 amide bonds. The van der Waals surface area contributed by atoms with Gasteiger partial charge in [-0.1, -0.05) is 55.0 Å². The normalized spacial score (nSPS) is 20.4. The zero-order valence-electron chi connectivity index (χ0n) is 29.2. The fraction of sp³-hybridized carbons (Fsp3) is 0.371. The lowest BCUT2D eigenvalue weighted by atomic mass is 9.87. The first-order valence-corrected chi connectivity index (χ1v) is 19.4. The minimum absolute atomic E-state index is 0.184. The van der Waals surface area contributed by atoms with Crippen LogP contribution in [-0.2, 0) is 49.8 Å². The second-order valence-corrected chi connectivity index (χ2v) is 16.3. The van der Waals surface area contributed by atoms with Crippen molar-refractivity contribution in [2.75, 3.05) is 20.2 Å². The molecule has 4 aromatic rings. The minimum Gasteiger partial charge on any atom is -0.469 e. The van der Waals surface area contributed by atoms with Gasteiger partial charge < -0.3 is 14.5 Å². The third-order valence-corrected chi connectivity index (χ3v) is 12.6. The number of benzene rings is 3. The van der Waals surface area contributed by atoms with E-state index in [9.17, 15) is 49.7 Å². The third-order valence-electron chi connectivity index (χ3n) is 9.29. The zero-order valence-corrected chi connectivity index (χ0v) is 30.8. The number of hydrogen-bond acceptors (Lipinski definition) is 11. The Morgan fingerprint density at radius 3 is 2.30 bits per heavy atom. The number of esters is 2. The van der Waals surface area contributed by atoms with E-state index in [4.69, 9.17) is 13.7 Å². The molecule has 3 atom stereocenters. The number of fused-ring (bicyclic) bond motifs is 3. The number of aromatic amines is 1. The molecule has 1 aliphatic heterocycles. The SMILES string of the molecule is CCC1(OC(=O)C(F)(F)F)CC(OS(=O)(=O)c2ccc(C)cc2)CC(C(=O)OC)c2[nH]c3ccccc3c2CCN(S(=O)(=O)c2ccccc2[N+](=O)[O-])C1. The van der Waals surface area contributed by atoms with Crippen LogP contribution in [0.5, 0.6) is 0 Å². The first kappa shape index (κ1) is 40.3. The number of methoxy groups -OCH3 is 1. The second-order valence-electron chi connectivity index (χ2n) is 12.8. The van der Waals surface area contributed by atoms with Gasteiger partial charge >= 0.3 is 18.1 Å². The Balaban J connectivity index is 1.78. The number of nitrogens with zero attached hydrogens (tertiary/aromatic N) is 2. The molecule has 3 aromatic carbocycles. The number of carbonyl (C=O) groups excluding carboxylic acids is 2. The van der Waals surface area contributed by atoms with Crippen molar-refractivity contribution in [2.45, 2.75) is 73.1 Å². The summed E-state index contributed by atoms with van der Waals surface area (Å²) in [6.07, 6.45) is -9.52. The number of ether oxygens (including phenoxy) is 2. The molecule has 0 radical (unpaired) electrons. The van der Waals surface area contributed by atoms with Gasteiger partial charge in [-0.3, -0.25) is 19.1 Å². The Morgan fingerprint density at radius 1 is 1.02 bits per heavy atom. The second kappa shape index (κ2) is 15.5. The van der Waals surface area contributed by atoms with Gasteiger partial charge in [0.25, 0.3) is 15.8 Å². The number of nitro benzene ring substituents is 1.